The molecule has 0 atom stereocenters. The van der Waals surface area contributed by atoms with E-state index >= 15 is 0 Å². The van der Waals surface area contributed by atoms with Crippen molar-refractivity contribution in [2.24, 2.45) is 0 Å². The molecule has 1 rings (SSSR count). The molecule has 1 aromatic rings. The van der Waals surface area contributed by atoms with Crippen LogP contribution in [-0.2, 0) is 0 Å². The van der Waals surface area contributed by atoms with Crippen molar-refractivity contribution in [3.8, 4) is 17.9 Å². The van der Waals surface area contributed by atoms with E-state index in [2.05, 4.69) is 0 Å². The predicted octanol–water partition coefficient (Wildman–Crippen LogP) is 2.41. The molecule has 0 saturated heterocycles. The second-order valence-electron chi connectivity index (χ2n) is 2.44. The van der Waals surface area contributed by atoms with E-state index in [1.54, 1.807) is 12.1 Å². The number of phenolic OH excluding ortho intramolecular Hbond substituents is 1. The Morgan fingerprint density at radius 3 is 2.64 bits per heavy atom. The van der Waals surface area contributed by atoms with Crippen LogP contribution in [0, 0.1) is 26.2 Å². The van der Waals surface area contributed by atoms with Gasteiger partial charge in [0, 0.05) is 6.08 Å². The number of halogens is 1. The molecular weight excluding hydrogens is 291 g/mol. The normalized spacial score (nSPS) is 9.64. The third-order valence-electron chi connectivity index (χ3n) is 1.60. The van der Waals surface area contributed by atoms with Gasteiger partial charge in [-0.15, -0.1) is 0 Å². The third-order valence-corrected chi connectivity index (χ3v) is 2.70. The van der Waals surface area contributed by atoms with Gasteiger partial charge >= 0.3 is 0 Å². The molecule has 0 aliphatic heterocycles. The standard InChI is InChI=1S/C10H5IN2O/c11-10-8(6-13)7(2-1-5-12)3-4-9(10)14/h1-4,14H/b2-1+. The molecule has 68 valence electrons. The van der Waals surface area contributed by atoms with Crippen molar-refractivity contribution in [3.05, 3.63) is 32.9 Å². The minimum Gasteiger partial charge on any atom is -0.507 e. The number of hydrogen-bond donors (Lipinski definition) is 1. The van der Waals surface area contributed by atoms with Crippen LogP contribution in [0.3, 0.4) is 0 Å². The lowest BCUT2D eigenvalue weighted by Crippen LogP contribution is -1.87. The van der Waals surface area contributed by atoms with E-state index in [0.717, 1.165) is 0 Å². The molecule has 0 aromatic heterocycles. The Balaban J connectivity index is 3.35. The molecule has 0 bridgehead atoms. The van der Waals surface area contributed by atoms with E-state index in [9.17, 15) is 5.11 Å². The minimum atomic E-state index is 0.0799. The lowest BCUT2D eigenvalue weighted by Gasteiger charge is -2.02. The highest BCUT2D eigenvalue weighted by Crippen LogP contribution is 2.26. The van der Waals surface area contributed by atoms with Gasteiger partial charge in [-0.3, -0.25) is 0 Å². The second-order valence-corrected chi connectivity index (χ2v) is 3.52. The second kappa shape index (κ2) is 4.64. The van der Waals surface area contributed by atoms with Crippen LogP contribution in [0.4, 0.5) is 0 Å². The first kappa shape index (κ1) is 10.6. The van der Waals surface area contributed by atoms with Crippen LogP contribution < -0.4 is 0 Å². The van der Waals surface area contributed by atoms with Crippen molar-refractivity contribution in [1.82, 2.24) is 0 Å². The molecule has 0 saturated carbocycles. The zero-order chi connectivity index (χ0) is 10.6. The lowest BCUT2D eigenvalue weighted by molar-refractivity contribution is 0.471. The van der Waals surface area contributed by atoms with E-state index < -0.39 is 0 Å². The van der Waals surface area contributed by atoms with E-state index in [1.807, 2.05) is 34.7 Å². The summed E-state index contributed by atoms with van der Waals surface area (Å²) < 4.78 is 0.505. The van der Waals surface area contributed by atoms with E-state index in [1.165, 1.54) is 12.1 Å². The van der Waals surface area contributed by atoms with Crippen molar-refractivity contribution in [2.75, 3.05) is 0 Å². The Labute approximate surface area is 95.0 Å². The molecule has 0 fully saturated rings. The number of hydrogen-bond acceptors (Lipinski definition) is 3. The maximum Gasteiger partial charge on any atom is 0.130 e. The van der Waals surface area contributed by atoms with Gasteiger partial charge in [0.2, 0.25) is 0 Å². The number of aromatic hydroxyl groups is 1. The Morgan fingerprint density at radius 2 is 2.07 bits per heavy atom. The van der Waals surface area contributed by atoms with E-state index in [4.69, 9.17) is 10.5 Å². The Morgan fingerprint density at radius 1 is 1.36 bits per heavy atom. The number of nitrogens with zero attached hydrogens (tertiary/aromatic N) is 2. The van der Waals surface area contributed by atoms with Gasteiger partial charge in [0.15, 0.2) is 0 Å². The highest BCUT2D eigenvalue weighted by Gasteiger charge is 2.07. The van der Waals surface area contributed by atoms with Gasteiger partial charge in [-0.05, 0) is 46.4 Å². The number of rotatable bonds is 1. The molecule has 4 heteroatoms. The Kier molecular flexibility index (Phi) is 3.49. The van der Waals surface area contributed by atoms with Crippen LogP contribution in [0.2, 0.25) is 0 Å². The minimum absolute atomic E-state index is 0.0799. The molecular formula is C10H5IN2O. The smallest absolute Gasteiger partial charge is 0.130 e. The summed E-state index contributed by atoms with van der Waals surface area (Å²) in [6.07, 6.45) is 2.84. The number of nitriles is 2. The van der Waals surface area contributed by atoms with Crippen molar-refractivity contribution in [3.63, 3.8) is 0 Å². The number of phenols is 1. The fourth-order valence-electron chi connectivity index (χ4n) is 0.960. The molecule has 0 spiro atoms. The highest BCUT2D eigenvalue weighted by atomic mass is 127. The molecule has 0 aliphatic rings. The summed E-state index contributed by atoms with van der Waals surface area (Å²) in [5.74, 6) is 0.0799. The first-order chi connectivity index (χ1) is 6.70. The highest BCUT2D eigenvalue weighted by molar-refractivity contribution is 14.1. The largest absolute Gasteiger partial charge is 0.507 e. The summed E-state index contributed by atoms with van der Waals surface area (Å²) in [4.78, 5) is 0. The average Bonchev–Trinajstić information content (AvgIpc) is 2.20. The van der Waals surface area contributed by atoms with Crippen molar-refractivity contribution < 1.29 is 5.11 Å². The molecule has 3 nitrogen and oxygen atoms in total. The molecule has 1 N–H and O–H groups in total. The summed E-state index contributed by atoms with van der Waals surface area (Å²) in [7, 11) is 0. The zero-order valence-corrected chi connectivity index (χ0v) is 9.19. The molecule has 0 radical (unpaired) electrons. The lowest BCUT2D eigenvalue weighted by atomic mass is 10.1. The van der Waals surface area contributed by atoms with Crippen LogP contribution in [0.5, 0.6) is 5.75 Å². The first-order valence-corrected chi connectivity index (χ1v) is 4.76. The Bertz CT molecular complexity index is 466. The van der Waals surface area contributed by atoms with Gasteiger partial charge in [-0.1, -0.05) is 0 Å². The van der Waals surface area contributed by atoms with Crippen LogP contribution in [-0.4, -0.2) is 5.11 Å². The Hall–Kier alpha value is -1.53. The summed E-state index contributed by atoms with van der Waals surface area (Å²) in [5, 5.41) is 26.5. The molecule has 14 heavy (non-hydrogen) atoms. The molecule has 0 aliphatic carbocycles. The molecule has 0 heterocycles. The van der Waals surface area contributed by atoms with Crippen LogP contribution in [0.15, 0.2) is 18.2 Å². The summed E-state index contributed by atoms with van der Waals surface area (Å²) >= 11 is 1.89. The maximum atomic E-state index is 9.33. The quantitative estimate of drug-likeness (QED) is 0.639. The monoisotopic (exact) mass is 296 g/mol. The van der Waals surface area contributed by atoms with Crippen LogP contribution in [0.1, 0.15) is 11.1 Å². The van der Waals surface area contributed by atoms with Gasteiger partial charge in [0.25, 0.3) is 0 Å². The van der Waals surface area contributed by atoms with Crippen molar-refractivity contribution in [2.45, 2.75) is 0 Å². The fraction of sp³-hybridized carbons (Fsp3) is 0. The molecule has 1 aromatic carbocycles. The number of allylic oxidation sites excluding steroid dienone is 1. The summed E-state index contributed by atoms with van der Waals surface area (Å²) in [5.41, 5.74) is 1.02. The van der Waals surface area contributed by atoms with Gasteiger partial charge in [0.1, 0.15) is 11.8 Å². The third kappa shape index (κ3) is 2.04. The van der Waals surface area contributed by atoms with Crippen molar-refractivity contribution in [1.29, 1.82) is 10.5 Å². The van der Waals surface area contributed by atoms with E-state index in [-0.39, 0.29) is 5.75 Å². The van der Waals surface area contributed by atoms with Gasteiger partial charge in [-0.25, -0.2) is 0 Å². The van der Waals surface area contributed by atoms with Crippen molar-refractivity contribution >= 4 is 28.7 Å². The van der Waals surface area contributed by atoms with E-state index in [0.29, 0.717) is 14.7 Å². The molecule has 0 amide bonds. The topological polar surface area (TPSA) is 67.8 Å². The first-order valence-electron chi connectivity index (χ1n) is 3.68. The van der Waals surface area contributed by atoms with Gasteiger partial charge in [-0.2, -0.15) is 10.5 Å². The predicted molar refractivity (Wildman–Crippen MR) is 60.2 cm³/mol. The van der Waals surface area contributed by atoms with Crippen LogP contribution in [0.25, 0.3) is 6.08 Å². The van der Waals surface area contributed by atoms with Gasteiger partial charge in [0.05, 0.1) is 15.2 Å². The fourth-order valence-corrected chi connectivity index (χ4v) is 1.57. The average molecular weight is 296 g/mol. The zero-order valence-electron chi connectivity index (χ0n) is 7.03. The molecule has 0 unspecified atom stereocenters. The number of benzene rings is 1. The van der Waals surface area contributed by atoms with Crippen LogP contribution >= 0.6 is 22.6 Å². The SMILES string of the molecule is N#C/C=C/c1ccc(O)c(I)c1C#N. The maximum absolute atomic E-state index is 9.33. The summed E-state index contributed by atoms with van der Waals surface area (Å²) in [6, 6.07) is 6.93. The van der Waals surface area contributed by atoms with Gasteiger partial charge < -0.3 is 5.11 Å². The summed E-state index contributed by atoms with van der Waals surface area (Å²) in [6.45, 7) is 0.